The molecule has 1 fully saturated rings. The third-order valence-electron chi connectivity index (χ3n) is 3.66. The van der Waals surface area contributed by atoms with Crippen molar-refractivity contribution in [1.82, 2.24) is 0 Å². The van der Waals surface area contributed by atoms with Crippen LogP contribution in [0.3, 0.4) is 0 Å². The summed E-state index contributed by atoms with van der Waals surface area (Å²) in [5, 5.41) is 3.42. The molecule has 0 amide bonds. The van der Waals surface area contributed by atoms with Gasteiger partial charge in [-0.15, -0.1) is 0 Å². The van der Waals surface area contributed by atoms with Gasteiger partial charge in [0.05, 0.1) is 13.2 Å². The number of hydrogen-bond acceptors (Lipinski definition) is 4. The lowest BCUT2D eigenvalue weighted by Crippen LogP contribution is -2.36. The zero-order valence-electron chi connectivity index (χ0n) is 11.3. The van der Waals surface area contributed by atoms with Gasteiger partial charge < -0.3 is 15.0 Å². The summed E-state index contributed by atoms with van der Waals surface area (Å²) >= 11 is 0. The first kappa shape index (κ1) is 12.5. The Balaban J connectivity index is 1.63. The number of benzene rings is 1. The highest BCUT2D eigenvalue weighted by molar-refractivity contribution is 5.95. The summed E-state index contributed by atoms with van der Waals surface area (Å²) in [6, 6.07) is 8.64. The average Bonchev–Trinajstić information content (AvgIpc) is 2.50. The zero-order chi connectivity index (χ0) is 12.9. The number of rotatable bonds is 2. The summed E-state index contributed by atoms with van der Waals surface area (Å²) in [5.41, 5.74) is 2.41. The largest absolute Gasteiger partial charge is 0.378 e. The predicted molar refractivity (Wildman–Crippen MR) is 79.2 cm³/mol. The van der Waals surface area contributed by atoms with E-state index in [1.165, 1.54) is 18.5 Å². The number of aliphatic imine (C=N–C) groups is 1. The van der Waals surface area contributed by atoms with E-state index in [-0.39, 0.29) is 0 Å². The van der Waals surface area contributed by atoms with E-state index in [1.807, 2.05) is 0 Å². The van der Waals surface area contributed by atoms with Gasteiger partial charge in [0.15, 0.2) is 0 Å². The van der Waals surface area contributed by atoms with Crippen molar-refractivity contribution < 1.29 is 4.74 Å². The van der Waals surface area contributed by atoms with E-state index in [1.54, 1.807) is 0 Å². The summed E-state index contributed by atoms with van der Waals surface area (Å²) in [4.78, 5) is 6.88. The molecule has 4 heteroatoms. The lowest BCUT2D eigenvalue weighted by molar-refractivity contribution is 0.122. The quantitative estimate of drug-likeness (QED) is 0.886. The van der Waals surface area contributed by atoms with E-state index in [2.05, 4.69) is 39.5 Å². The molecule has 102 valence electrons. The minimum Gasteiger partial charge on any atom is -0.378 e. The van der Waals surface area contributed by atoms with Gasteiger partial charge in [0, 0.05) is 37.4 Å². The molecule has 0 unspecified atom stereocenters. The van der Waals surface area contributed by atoms with Gasteiger partial charge >= 0.3 is 0 Å². The molecule has 1 N–H and O–H groups in total. The highest BCUT2D eigenvalue weighted by Crippen LogP contribution is 2.19. The molecule has 0 spiro atoms. The first-order valence-corrected chi connectivity index (χ1v) is 7.15. The second-order valence-electron chi connectivity index (χ2n) is 5.06. The van der Waals surface area contributed by atoms with Crippen LogP contribution in [0.15, 0.2) is 29.3 Å². The fraction of sp³-hybridized carbons (Fsp3) is 0.533. The van der Waals surface area contributed by atoms with Crippen LogP contribution in [0.5, 0.6) is 0 Å². The van der Waals surface area contributed by atoms with Gasteiger partial charge in [0.1, 0.15) is 5.84 Å². The van der Waals surface area contributed by atoms with Gasteiger partial charge in [-0.05, 0) is 37.1 Å². The fourth-order valence-corrected chi connectivity index (χ4v) is 2.54. The van der Waals surface area contributed by atoms with Crippen LogP contribution in [0.1, 0.15) is 19.3 Å². The van der Waals surface area contributed by atoms with Crippen molar-refractivity contribution in [2.75, 3.05) is 43.1 Å². The Morgan fingerprint density at radius 2 is 1.84 bits per heavy atom. The molecular formula is C15H21N3O. The molecule has 1 aromatic rings. The second kappa shape index (κ2) is 6.06. The second-order valence-corrected chi connectivity index (χ2v) is 5.06. The number of amidine groups is 1. The van der Waals surface area contributed by atoms with Gasteiger partial charge in [-0.1, -0.05) is 0 Å². The van der Waals surface area contributed by atoms with E-state index < -0.39 is 0 Å². The number of hydrogen-bond donors (Lipinski definition) is 1. The topological polar surface area (TPSA) is 36.9 Å². The van der Waals surface area contributed by atoms with E-state index in [0.717, 1.165) is 50.8 Å². The Bertz CT molecular complexity index is 435. The van der Waals surface area contributed by atoms with Crippen molar-refractivity contribution in [2.24, 2.45) is 4.99 Å². The fourth-order valence-electron chi connectivity index (χ4n) is 2.54. The van der Waals surface area contributed by atoms with E-state index in [9.17, 15) is 0 Å². The summed E-state index contributed by atoms with van der Waals surface area (Å²) < 4.78 is 5.38. The number of nitrogens with one attached hydrogen (secondary N) is 1. The van der Waals surface area contributed by atoms with Crippen LogP contribution in [-0.4, -0.2) is 38.7 Å². The molecule has 2 heterocycles. The van der Waals surface area contributed by atoms with Crippen LogP contribution in [0.2, 0.25) is 0 Å². The van der Waals surface area contributed by atoms with Crippen LogP contribution in [0, 0.1) is 0 Å². The van der Waals surface area contributed by atoms with Crippen LogP contribution < -0.4 is 10.2 Å². The number of anilines is 2. The monoisotopic (exact) mass is 259 g/mol. The Hall–Kier alpha value is -1.55. The predicted octanol–water partition coefficient (Wildman–Crippen LogP) is 2.52. The van der Waals surface area contributed by atoms with E-state index >= 15 is 0 Å². The lowest BCUT2D eigenvalue weighted by Gasteiger charge is -2.29. The van der Waals surface area contributed by atoms with Crippen LogP contribution >= 0.6 is 0 Å². The molecule has 0 aromatic heterocycles. The normalized spacial score (nSPS) is 20.0. The molecular weight excluding hydrogens is 238 g/mol. The Kier molecular flexibility index (Phi) is 3.98. The Morgan fingerprint density at radius 1 is 1.05 bits per heavy atom. The maximum absolute atomic E-state index is 5.38. The van der Waals surface area contributed by atoms with Gasteiger partial charge in [-0.25, -0.2) is 0 Å². The maximum Gasteiger partial charge on any atom is 0.101 e. The summed E-state index contributed by atoms with van der Waals surface area (Å²) in [6.45, 7) is 4.60. The van der Waals surface area contributed by atoms with E-state index in [4.69, 9.17) is 4.74 Å². The molecule has 1 saturated heterocycles. The highest BCUT2D eigenvalue weighted by Gasteiger charge is 2.11. The van der Waals surface area contributed by atoms with Crippen LogP contribution in [0.25, 0.3) is 0 Å². The number of ether oxygens (including phenoxy) is 1. The Labute approximate surface area is 114 Å². The third-order valence-corrected chi connectivity index (χ3v) is 3.66. The minimum absolute atomic E-state index is 0.830. The molecule has 0 atom stereocenters. The van der Waals surface area contributed by atoms with Gasteiger partial charge in [-0.3, -0.25) is 4.99 Å². The first-order chi connectivity index (χ1) is 9.42. The minimum atomic E-state index is 0.830. The Morgan fingerprint density at radius 3 is 2.53 bits per heavy atom. The number of morpholine rings is 1. The third kappa shape index (κ3) is 3.26. The van der Waals surface area contributed by atoms with Crippen LogP contribution in [-0.2, 0) is 4.74 Å². The standard InChI is InChI=1S/C15H21N3O/c1-2-8-16-15(3-1)17-13-4-6-14(7-5-13)18-9-11-19-12-10-18/h4-7H,1-3,8-12H2,(H,16,17). The summed E-state index contributed by atoms with van der Waals surface area (Å²) in [6.07, 6.45) is 3.55. The molecule has 0 radical (unpaired) electrons. The molecule has 19 heavy (non-hydrogen) atoms. The molecule has 2 aliphatic heterocycles. The van der Waals surface area contributed by atoms with Gasteiger partial charge in [0.2, 0.25) is 0 Å². The molecule has 1 aromatic carbocycles. The molecule has 4 nitrogen and oxygen atoms in total. The van der Waals surface area contributed by atoms with Crippen molar-refractivity contribution in [3.05, 3.63) is 24.3 Å². The van der Waals surface area contributed by atoms with Crippen molar-refractivity contribution in [2.45, 2.75) is 19.3 Å². The molecule has 0 bridgehead atoms. The number of nitrogens with zero attached hydrogens (tertiary/aromatic N) is 2. The highest BCUT2D eigenvalue weighted by atomic mass is 16.5. The SMILES string of the molecule is c1cc(N2CCOCC2)ccc1NC1=NCCCC1. The van der Waals surface area contributed by atoms with Crippen molar-refractivity contribution >= 4 is 17.2 Å². The molecule has 0 saturated carbocycles. The van der Waals surface area contributed by atoms with Crippen molar-refractivity contribution in [1.29, 1.82) is 0 Å². The zero-order valence-corrected chi connectivity index (χ0v) is 11.3. The van der Waals surface area contributed by atoms with Crippen LogP contribution in [0.4, 0.5) is 11.4 Å². The molecule has 2 aliphatic rings. The summed E-state index contributed by atoms with van der Waals surface area (Å²) in [5.74, 6) is 1.13. The van der Waals surface area contributed by atoms with E-state index in [0.29, 0.717) is 0 Å². The molecule has 0 aliphatic carbocycles. The van der Waals surface area contributed by atoms with Gasteiger partial charge in [0.25, 0.3) is 0 Å². The first-order valence-electron chi connectivity index (χ1n) is 7.15. The smallest absolute Gasteiger partial charge is 0.101 e. The maximum atomic E-state index is 5.38. The molecule has 3 rings (SSSR count). The van der Waals surface area contributed by atoms with Gasteiger partial charge in [-0.2, -0.15) is 0 Å². The van der Waals surface area contributed by atoms with Crippen molar-refractivity contribution in [3.63, 3.8) is 0 Å². The summed E-state index contributed by atoms with van der Waals surface area (Å²) in [7, 11) is 0. The average molecular weight is 259 g/mol. The lowest BCUT2D eigenvalue weighted by atomic mass is 10.1. The van der Waals surface area contributed by atoms with Crippen molar-refractivity contribution in [3.8, 4) is 0 Å².